The van der Waals surface area contributed by atoms with Gasteiger partial charge in [0, 0.05) is 36.9 Å². The minimum absolute atomic E-state index is 0.206. The molecule has 29 heavy (non-hydrogen) atoms. The van der Waals surface area contributed by atoms with Gasteiger partial charge in [0.1, 0.15) is 5.72 Å². The third-order valence-corrected chi connectivity index (χ3v) is 8.05. The summed E-state index contributed by atoms with van der Waals surface area (Å²) in [4.78, 5) is 14.6. The topological polar surface area (TPSA) is 79.0 Å². The van der Waals surface area contributed by atoms with Crippen LogP contribution in [0.3, 0.4) is 0 Å². The second-order valence-electron chi connectivity index (χ2n) is 7.08. The number of urea groups is 1. The predicted molar refractivity (Wildman–Crippen MR) is 113 cm³/mol. The summed E-state index contributed by atoms with van der Waals surface area (Å²) in [5.41, 5.74) is -0.193. The lowest BCUT2D eigenvalue weighted by Gasteiger charge is -2.42. The van der Waals surface area contributed by atoms with E-state index in [1.54, 1.807) is 35.2 Å². The molecule has 0 aromatic heterocycles. The number of carbonyl (C=O) groups excluding carboxylic acids is 1. The summed E-state index contributed by atoms with van der Waals surface area (Å²) in [7, 11) is -3.66. The molecule has 2 aliphatic rings. The lowest BCUT2D eigenvalue weighted by atomic mass is 10.0. The number of sulfonamides is 1. The molecule has 9 heteroatoms. The number of likely N-dealkylation sites (tertiary alicyclic amines) is 1. The maximum Gasteiger partial charge on any atom is 0.321 e. The normalized spacial score (nSPS) is 19.4. The summed E-state index contributed by atoms with van der Waals surface area (Å²) >= 11 is 3.42. The van der Waals surface area contributed by atoms with Crippen LogP contribution in [-0.2, 0) is 14.8 Å². The molecular weight excluding hydrogens is 458 g/mol. The van der Waals surface area contributed by atoms with Crippen LogP contribution in [-0.4, -0.2) is 55.6 Å². The monoisotopic (exact) mass is 479 g/mol. The maximum absolute atomic E-state index is 13.1. The van der Waals surface area contributed by atoms with Crippen LogP contribution in [0.25, 0.3) is 0 Å². The number of halogens is 1. The van der Waals surface area contributed by atoms with E-state index < -0.39 is 15.7 Å². The molecule has 4 rings (SSSR count). The summed E-state index contributed by atoms with van der Waals surface area (Å²) in [5, 5.41) is 2.89. The first-order valence-corrected chi connectivity index (χ1v) is 11.7. The highest BCUT2D eigenvalue weighted by molar-refractivity contribution is 9.10. The molecule has 2 aromatic rings. The lowest BCUT2D eigenvalue weighted by molar-refractivity contribution is -0.0840. The Hall–Kier alpha value is -1.94. The number of amides is 2. The molecule has 0 aliphatic carbocycles. The lowest BCUT2D eigenvalue weighted by Crippen LogP contribution is -2.56. The van der Waals surface area contributed by atoms with E-state index in [0.717, 1.165) is 4.47 Å². The Morgan fingerprint density at radius 1 is 1.00 bits per heavy atom. The fourth-order valence-corrected chi connectivity index (χ4v) is 5.99. The Bertz CT molecular complexity index is 992. The zero-order chi connectivity index (χ0) is 20.5. The molecule has 0 atom stereocenters. The summed E-state index contributed by atoms with van der Waals surface area (Å²) in [6, 6.07) is 15.6. The summed E-state index contributed by atoms with van der Waals surface area (Å²) < 4.78 is 34.5. The van der Waals surface area contributed by atoms with Gasteiger partial charge in [0.15, 0.2) is 0 Å². The first kappa shape index (κ1) is 20.3. The number of para-hydroxylation sites is 1. The van der Waals surface area contributed by atoms with Gasteiger partial charge in [-0.3, -0.25) is 0 Å². The summed E-state index contributed by atoms with van der Waals surface area (Å²) in [6.45, 7) is 1.50. The number of piperidine rings is 1. The van der Waals surface area contributed by atoms with Gasteiger partial charge < -0.3 is 15.0 Å². The zero-order valence-corrected chi connectivity index (χ0v) is 18.2. The Morgan fingerprint density at radius 3 is 2.34 bits per heavy atom. The summed E-state index contributed by atoms with van der Waals surface area (Å²) in [5.74, 6) is 0. The van der Waals surface area contributed by atoms with Gasteiger partial charge in [-0.05, 0) is 40.2 Å². The summed E-state index contributed by atoms with van der Waals surface area (Å²) in [6.07, 6.45) is 0.866. The van der Waals surface area contributed by atoms with E-state index >= 15 is 0 Å². The molecule has 0 radical (unpaired) electrons. The molecule has 1 N–H and O–H groups in total. The Balaban J connectivity index is 1.46. The molecule has 2 aromatic carbocycles. The Kier molecular flexibility index (Phi) is 5.65. The van der Waals surface area contributed by atoms with Crippen molar-refractivity contribution >= 4 is 37.7 Å². The van der Waals surface area contributed by atoms with Gasteiger partial charge in [0.05, 0.1) is 17.2 Å². The van der Waals surface area contributed by atoms with Crippen LogP contribution in [0.2, 0.25) is 0 Å². The molecule has 0 saturated carbocycles. The van der Waals surface area contributed by atoms with E-state index in [2.05, 4.69) is 21.2 Å². The molecule has 154 valence electrons. The van der Waals surface area contributed by atoms with Gasteiger partial charge in [0.25, 0.3) is 0 Å². The van der Waals surface area contributed by atoms with Crippen LogP contribution >= 0.6 is 15.9 Å². The number of anilines is 1. The Labute approximate surface area is 178 Å². The first-order chi connectivity index (χ1) is 13.9. The van der Waals surface area contributed by atoms with Gasteiger partial charge in [-0.1, -0.05) is 30.3 Å². The standard InChI is InChI=1S/C20H22BrN3O4S/c21-17-8-4-5-9-18(17)22-19(25)23-12-10-20(11-13-23)24(14-15-28-20)29(26,27)16-6-2-1-3-7-16/h1-9H,10-15H2,(H,22,25). The van der Waals surface area contributed by atoms with Crippen LogP contribution < -0.4 is 5.32 Å². The molecule has 2 aliphatic heterocycles. The number of rotatable bonds is 3. The third kappa shape index (κ3) is 3.92. The molecule has 7 nitrogen and oxygen atoms in total. The number of hydrogen-bond acceptors (Lipinski definition) is 4. The molecule has 2 fully saturated rings. The van der Waals surface area contributed by atoms with E-state index in [1.807, 2.05) is 24.3 Å². The van der Waals surface area contributed by atoms with Crippen molar-refractivity contribution in [1.29, 1.82) is 0 Å². The second kappa shape index (κ2) is 8.06. The minimum Gasteiger partial charge on any atom is -0.358 e. The van der Waals surface area contributed by atoms with Crippen LogP contribution in [0.15, 0.2) is 64.0 Å². The Morgan fingerprint density at radius 2 is 1.66 bits per heavy atom. The molecule has 1 spiro atoms. The highest BCUT2D eigenvalue weighted by Gasteiger charge is 2.50. The average Bonchev–Trinajstić information content (AvgIpc) is 3.14. The van der Waals surface area contributed by atoms with Crippen LogP contribution in [0.4, 0.5) is 10.5 Å². The van der Waals surface area contributed by atoms with Gasteiger partial charge in [-0.2, -0.15) is 4.31 Å². The number of nitrogens with zero attached hydrogens (tertiary/aromatic N) is 2. The first-order valence-electron chi connectivity index (χ1n) is 9.45. The number of benzene rings is 2. The highest BCUT2D eigenvalue weighted by atomic mass is 79.9. The average molecular weight is 480 g/mol. The van der Waals surface area contributed by atoms with E-state index in [0.29, 0.717) is 44.8 Å². The van der Waals surface area contributed by atoms with Crippen molar-refractivity contribution in [3.05, 3.63) is 59.1 Å². The van der Waals surface area contributed by atoms with Crippen molar-refractivity contribution < 1.29 is 17.9 Å². The van der Waals surface area contributed by atoms with E-state index in [9.17, 15) is 13.2 Å². The van der Waals surface area contributed by atoms with Gasteiger partial charge >= 0.3 is 6.03 Å². The van der Waals surface area contributed by atoms with Crippen molar-refractivity contribution in [1.82, 2.24) is 9.21 Å². The molecular formula is C20H22BrN3O4S. The van der Waals surface area contributed by atoms with Crippen molar-refractivity contribution in [2.24, 2.45) is 0 Å². The molecule has 2 heterocycles. The minimum atomic E-state index is -3.66. The van der Waals surface area contributed by atoms with E-state index in [1.165, 1.54) is 4.31 Å². The van der Waals surface area contributed by atoms with E-state index in [-0.39, 0.29) is 10.9 Å². The molecule has 0 bridgehead atoms. The van der Waals surface area contributed by atoms with Crippen molar-refractivity contribution in [3.8, 4) is 0 Å². The van der Waals surface area contributed by atoms with Crippen molar-refractivity contribution in [2.75, 3.05) is 31.6 Å². The fourth-order valence-electron chi connectivity index (χ4n) is 3.86. The predicted octanol–water partition coefficient (Wildman–Crippen LogP) is 3.49. The van der Waals surface area contributed by atoms with Gasteiger partial charge in [-0.25, -0.2) is 13.2 Å². The third-order valence-electron chi connectivity index (χ3n) is 5.40. The van der Waals surface area contributed by atoms with Crippen LogP contribution in [0.5, 0.6) is 0 Å². The smallest absolute Gasteiger partial charge is 0.321 e. The van der Waals surface area contributed by atoms with Crippen molar-refractivity contribution in [2.45, 2.75) is 23.5 Å². The number of nitrogens with one attached hydrogen (secondary N) is 1. The number of hydrogen-bond donors (Lipinski definition) is 1. The fraction of sp³-hybridized carbons (Fsp3) is 0.350. The second-order valence-corrected chi connectivity index (χ2v) is 9.80. The highest BCUT2D eigenvalue weighted by Crippen LogP contribution is 2.38. The molecule has 0 unspecified atom stereocenters. The maximum atomic E-state index is 13.1. The van der Waals surface area contributed by atoms with Gasteiger partial charge in [-0.15, -0.1) is 0 Å². The SMILES string of the molecule is O=C(Nc1ccccc1Br)N1CCC2(CC1)OCCN2S(=O)(=O)c1ccccc1. The number of ether oxygens (including phenoxy) is 1. The quantitative estimate of drug-likeness (QED) is 0.730. The molecule has 2 amide bonds. The number of carbonyl (C=O) groups is 1. The zero-order valence-electron chi connectivity index (χ0n) is 15.8. The van der Waals surface area contributed by atoms with E-state index in [4.69, 9.17) is 4.74 Å². The van der Waals surface area contributed by atoms with Crippen LogP contribution in [0.1, 0.15) is 12.8 Å². The van der Waals surface area contributed by atoms with Crippen LogP contribution in [0, 0.1) is 0 Å². The van der Waals surface area contributed by atoms with Crippen molar-refractivity contribution in [3.63, 3.8) is 0 Å². The molecule has 2 saturated heterocycles. The van der Waals surface area contributed by atoms with Gasteiger partial charge in [0.2, 0.25) is 10.0 Å². The largest absolute Gasteiger partial charge is 0.358 e.